The highest BCUT2D eigenvalue weighted by Crippen LogP contribution is 2.22. The van der Waals surface area contributed by atoms with E-state index in [2.05, 4.69) is 31.3 Å². The van der Waals surface area contributed by atoms with Crippen molar-refractivity contribution in [2.45, 2.75) is 50.7 Å². The monoisotopic (exact) mass is 267 g/mol. The average molecular weight is 267 g/mol. The van der Waals surface area contributed by atoms with Gasteiger partial charge in [0.1, 0.15) is 0 Å². The molecule has 0 aliphatic rings. The van der Waals surface area contributed by atoms with Crippen molar-refractivity contribution in [3.8, 4) is 0 Å². The first-order valence-electron chi connectivity index (χ1n) is 6.75. The molecular formula is C15H25NOS. The molecule has 3 heteroatoms. The van der Waals surface area contributed by atoms with Crippen molar-refractivity contribution in [1.82, 2.24) is 5.32 Å². The zero-order valence-electron chi connectivity index (χ0n) is 11.8. The molecule has 0 spiro atoms. The van der Waals surface area contributed by atoms with Crippen molar-refractivity contribution in [3.63, 3.8) is 0 Å². The van der Waals surface area contributed by atoms with Crippen LogP contribution in [0.4, 0.5) is 0 Å². The molecule has 18 heavy (non-hydrogen) atoms. The lowest BCUT2D eigenvalue weighted by Gasteiger charge is -2.26. The van der Waals surface area contributed by atoms with Gasteiger partial charge in [-0.05, 0) is 25.5 Å². The topological polar surface area (TPSA) is 29.1 Å². The normalized spacial score (nSPS) is 16.5. The highest BCUT2D eigenvalue weighted by molar-refractivity contribution is 7.86. The SMILES string of the molecule is CCCNC(c1ccccc1)C(C)S(=O)C(C)C. The van der Waals surface area contributed by atoms with E-state index in [1.165, 1.54) is 5.56 Å². The van der Waals surface area contributed by atoms with Gasteiger partial charge in [0.05, 0.1) is 5.25 Å². The first-order chi connectivity index (χ1) is 8.57. The minimum atomic E-state index is -0.813. The molecule has 1 aromatic rings. The average Bonchev–Trinajstić information content (AvgIpc) is 2.39. The molecule has 2 nitrogen and oxygen atoms in total. The Hall–Kier alpha value is -0.670. The molecule has 0 saturated heterocycles. The van der Waals surface area contributed by atoms with Crippen molar-refractivity contribution in [1.29, 1.82) is 0 Å². The van der Waals surface area contributed by atoms with E-state index in [9.17, 15) is 4.21 Å². The summed E-state index contributed by atoms with van der Waals surface area (Å²) in [6.45, 7) is 9.23. The van der Waals surface area contributed by atoms with Crippen LogP contribution in [-0.4, -0.2) is 21.3 Å². The Kier molecular flexibility index (Phi) is 6.58. The summed E-state index contributed by atoms with van der Waals surface area (Å²) in [4.78, 5) is 0. The van der Waals surface area contributed by atoms with Crippen molar-refractivity contribution in [2.24, 2.45) is 0 Å². The van der Waals surface area contributed by atoms with E-state index in [-0.39, 0.29) is 16.5 Å². The number of benzene rings is 1. The first-order valence-corrected chi connectivity index (χ1v) is 8.03. The molecule has 0 aromatic heterocycles. The standard InChI is InChI=1S/C15H25NOS/c1-5-11-16-15(13(4)18(17)12(2)3)14-9-7-6-8-10-14/h6-10,12-13,15-16H,5,11H2,1-4H3. The summed E-state index contributed by atoms with van der Waals surface area (Å²) in [5.74, 6) is 0. The summed E-state index contributed by atoms with van der Waals surface area (Å²) in [5.41, 5.74) is 1.23. The molecule has 102 valence electrons. The van der Waals surface area contributed by atoms with E-state index in [0.717, 1.165) is 13.0 Å². The highest BCUT2D eigenvalue weighted by atomic mass is 32.2. The Labute approximate surface area is 114 Å². The van der Waals surface area contributed by atoms with E-state index in [1.807, 2.05) is 32.0 Å². The van der Waals surface area contributed by atoms with Crippen molar-refractivity contribution >= 4 is 10.8 Å². The van der Waals surface area contributed by atoms with Gasteiger partial charge in [-0.1, -0.05) is 51.1 Å². The quantitative estimate of drug-likeness (QED) is 0.821. The predicted molar refractivity (Wildman–Crippen MR) is 80.2 cm³/mol. The van der Waals surface area contributed by atoms with Gasteiger partial charge in [0.25, 0.3) is 0 Å². The van der Waals surface area contributed by atoms with E-state index in [0.29, 0.717) is 0 Å². The summed E-state index contributed by atoms with van der Waals surface area (Å²) >= 11 is 0. The van der Waals surface area contributed by atoms with Crippen LogP contribution in [0.5, 0.6) is 0 Å². The minimum Gasteiger partial charge on any atom is -0.309 e. The Morgan fingerprint density at radius 1 is 1.17 bits per heavy atom. The molecule has 0 saturated carbocycles. The van der Waals surface area contributed by atoms with Gasteiger partial charge in [0, 0.05) is 22.1 Å². The van der Waals surface area contributed by atoms with Gasteiger partial charge >= 0.3 is 0 Å². The van der Waals surface area contributed by atoms with Crippen LogP contribution in [0.25, 0.3) is 0 Å². The molecule has 1 rings (SSSR count). The molecule has 0 heterocycles. The van der Waals surface area contributed by atoms with Gasteiger partial charge in [0.2, 0.25) is 0 Å². The summed E-state index contributed by atoms with van der Waals surface area (Å²) < 4.78 is 12.3. The Morgan fingerprint density at radius 2 is 1.78 bits per heavy atom. The van der Waals surface area contributed by atoms with Crippen molar-refractivity contribution in [2.75, 3.05) is 6.54 Å². The molecule has 1 N–H and O–H groups in total. The Balaban J connectivity index is 2.88. The summed E-state index contributed by atoms with van der Waals surface area (Å²) in [6.07, 6.45) is 1.09. The molecule has 0 amide bonds. The number of hydrogen-bond acceptors (Lipinski definition) is 2. The van der Waals surface area contributed by atoms with Gasteiger partial charge in [-0.25, -0.2) is 0 Å². The summed E-state index contributed by atoms with van der Waals surface area (Å²) in [6, 6.07) is 10.5. The third kappa shape index (κ3) is 4.21. The molecule has 1 aromatic carbocycles. The smallest absolute Gasteiger partial charge is 0.0517 e. The maximum Gasteiger partial charge on any atom is 0.0517 e. The molecule has 0 radical (unpaired) electrons. The van der Waals surface area contributed by atoms with Gasteiger partial charge in [-0.3, -0.25) is 4.21 Å². The Morgan fingerprint density at radius 3 is 2.28 bits per heavy atom. The van der Waals surface area contributed by atoms with Gasteiger partial charge in [0.15, 0.2) is 0 Å². The molecule has 3 atom stereocenters. The van der Waals surface area contributed by atoms with Crippen LogP contribution in [-0.2, 0) is 10.8 Å². The second-order valence-corrected chi connectivity index (χ2v) is 7.27. The third-order valence-electron chi connectivity index (χ3n) is 3.07. The number of rotatable bonds is 7. The molecule has 0 bridgehead atoms. The van der Waals surface area contributed by atoms with E-state index in [1.54, 1.807) is 0 Å². The lowest BCUT2D eigenvalue weighted by molar-refractivity contribution is 0.516. The molecule has 0 aliphatic heterocycles. The summed E-state index contributed by atoms with van der Waals surface area (Å²) in [7, 11) is -0.813. The van der Waals surface area contributed by atoms with Crippen LogP contribution in [0.15, 0.2) is 30.3 Å². The van der Waals surface area contributed by atoms with Crippen molar-refractivity contribution < 1.29 is 4.21 Å². The van der Waals surface area contributed by atoms with Gasteiger partial charge < -0.3 is 5.32 Å². The minimum absolute atomic E-state index is 0.124. The maximum absolute atomic E-state index is 12.3. The van der Waals surface area contributed by atoms with Crippen LogP contribution >= 0.6 is 0 Å². The van der Waals surface area contributed by atoms with E-state index < -0.39 is 10.8 Å². The number of nitrogens with one attached hydrogen (secondary N) is 1. The highest BCUT2D eigenvalue weighted by Gasteiger charge is 2.25. The fourth-order valence-corrected chi connectivity index (χ4v) is 3.46. The van der Waals surface area contributed by atoms with Gasteiger partial charge in [-0.2, -0.15) is 0 Å². The summed E-state index contributed by atoms with van der Waals surface area (Å²) in [5, 5.41) is 3.86. The fraction of sp³-hybridized carbons (Fsp3) is 0.600. The van der Waals surface area contributed by atoms with Crippen LogP contribution in [0.2, 0.25) is 0 Å². The van der Waals surface area contributed by atoms with Crippen molar-refractivity contribution in [3.05, 3.63) is 35.9 Å². The largest absolute Gasteiger partial charge is 0.309 e. The van der Waals surface area contributed by atoms with Crippen LogP contribution in [0, 0.1) is 0 Å². The lowest BCUT2D eigenvalue weighted by Crippen LogP contribution is -2.35. The fourth-order valence-electron chi connectivity index (χ4n) is 2.08. The molecule has 0 fully saturated rings. The molecule has 0 aliphatic carbocycles. The lowest BCUT2D eigenvalue weighted by atomic mass is 10.0. The third-order valence-corrected chi connectivity index (χ3v) is 5.01. The Bertz CT molecular complexity index is 364. The van der Waals surface area contributed by atoms with Crippen LogP contribution < -0.4 is 5.32 Å². The second kappa shape index (κ2) is 7.70. The first kappa shape index (κ1) is 15.4. The molecular weight excluding hydrogens is 242 g/mol. The predicted octanol–water partition coefficient (Wildman–Crippen LogP) is 3.27. The van der Waals surface area contributed by atoms with E-state index >= 15 is 0 Å². The number of hydrogen-bond donors (Lipinski definition) is 1. The molecule has 3 unspecified atom stereocenters. The van der Waals surface area contributed by atoms with E-state index in [4.69, 9.17) is 0 Å². The zero-order valence-corrected chi connectivity index (χ0v) is 12.7. The second-order valence-electron chi connectivity index (χ2n) is 4.92. The van der Waals surface area contributed by atoms with Crippen LogP contribution in [0.1, 0.15) is 45.7 Å². The zero-order chi connectivity index (χ0) is 13.5. The van der Waals surface area contributed by atoms with Gasteiger partial charge in [-0.15, -0.1) is 0 Å². The maximum atomic E-state index is 12.3. The van der Waals surface area contributed by atoms with Crippen LogP contribution in [0.3, 0.4) is 0 Å².